The first kappa shape index (κ1) is 264. The Hall–Kier alpha value is 1.66. The van der Waals surface area contributed by atoms with E-state index in [1.807, 2.05) is 0 Å². The van der Waals surface area contributed by atoms with Gasteiger partial charge < -0.3 is 27.4 Å². The number of hydrogen-bond acceptors (Lipinski definition) is 0. The molecule has 0 rings (SSSR count). The molecule has 0 spiro atoms. The van der Waals surface area contributed by atoms with Crippen molar-refractivity contribution >= 4 is 0 Å². The van der Waals surface area contributed by atoms with Gasteiger partial charge in [-0.15, -0.1) is 0 Å². The van der Waals surface area contributed by atoms with Crippen LogP contribution in [0.5, 0.6) is 0 Å². The van der Waals surface area contributed by atoms with Gasteiger partial charge in [-0.05, 0) is 0 Å². The standard InChI is InChI=1S/Mo.5O.2V/q;5*-2;2*+5. The van der Waals surface area contributed by atoms with Crippen LogP contribution >= 0.6 is 0 Å². The molecule has 0 bridgehead atoms. The van der Waals surface area contributed by atoms with Crippen molar-refractivity contribution in [1.29, 1.82) is 0 Å². The van der Waals surface area contributed by atoms with E-state index in [0.29, 0.717) is 0 Å². The molecule has 8 heavy (non-hydrogen) atoms. The first-order valence-corrected chi connectivity index (χ1v) is 0. The molecule has 0 saturated heterocycles. The van der Waals surface area contributed by atoms with E-state index in [-0.39, 0.29) is 85.6 Å². The van der Waals surface area contributed by atoms with Gasteiger partial charge in [-0.2, -0.15) is 0 Å². The van der Waals surface area contributed by atoms with Crippen molar-refractivity contribution in [2.75, 3.05) is 0 Å². The summed E-state index contributed by atoms with van der Waals surface area (Å²) in [5.41, 5.74) is 0. The minimum absolute atomic E-state index is 0. The summed E-state index contributed by atoms with van der Waals surface area (Å²) in [7, 11) is 0. The molecule has 0 aromatic carbocycles. The third-order valence-electron chi connectivity index (χ3n) is 0. The molecular formula is MoO5V2. The number of rotatable bonds is 0. The molecular weight excluding hydrogens is 278 g/mol. The molecule has 5 nitrogen and oxygen atoms in total. The molecule has 0 aliphatic carbocycles. The van der Waals surface area contributed by atoms with E-state index in [2.05, 4.69) is 0 Å². The Morgan fingerprint density at radius 2 is 0.375 bits per heavy atom. The van der Waals surface area contributed by atoms with E-state index in [1.54, 1.807) is 0 Å². The molecule has 0 aromatic heterocycles. The Balaban J connectivity index is 0. The van der Waals surface area contributed by atoms with Crippen LogP contribution in [0.1, 0.15) is 0 Å². The average Bonchev–Trinajstić information content (AvgIpc) is 0. The fourth-order valence-corrected chi connectivity index (χ4v) is 0. The zero-order valence-electron chi connectivity index (χ0n) is 3.34. The molecule has 0 unspecified atom stereocenters. The predicted molar refractivity (Wildman–Crippen MR) is 3.43 cm³/mol. The zero-order valence-corrected chi connectivity index (χ0v) is 8.14. The van der Waals surface area contributed by atoms with Crippen LogP contribution in [0.3, 0.4) is 0 Å². The van der Waals surface area contributed by atoms with Crippen molar-refractivity contribution in [2.24, 2.45) is 0 Å². The number of hydrogen-bond donors (Lipinski definition) is 0. The largest absolute Gasteiger partial charge is 5.00 e. The van der Waals surface area contributed by atoms with E-state index in [1.165, 1.54) is 0 Å². The summed E-state index contributed by atoms with van der Waals surface area (Å²) in [4.78, 5) is 0. The van der Waals surface area contributed by atoms with Crippen LogP contribution in [-0.4, -0.2) is 0 Å². The summed E-state index contributed by atoms with van der Waals surface area (Å²) in [5, 5.41) is 0. The van der Waals surface area contributed by atoms with E-state index in [0.717, 1.165) is 0 Å². The second-order valence-corrected chi connectivity index (χ2v) is 0. The van der Waals surface area contributed by atoms with E-state index >= 15 is 0 Å². The van der Waals surface area contributed by atoms with Crippen LogP contribution in [-0.2, 0) is 85.6 Å². The summed E-state index contributed by atoms with van der Waals surface area (Å²) in [6.45, 7) is 0. The van der Waals surface area contributed by atoms with Crippen LogP contribution in [0.4, 0.5) is 0 Å². The molecule has 0 radical (unpaired) electrons. The normalized spacial score (nSPS) is 0. The van der Waals surface area contributed by atoms with Gasteiger partial charge in [-0.3, -0.25) is 0 Å². The average molecular weight is 278 g/mol. The minimum atomic E-state index is 0. The van der Waals surface area contributed by atoms with Crippen molar-refractivity contribution < 1.29 is 85.6 Å². The maximum Gasteiger partial charge on any atom is 5.00 e. The first-order valence-electron chi connectivity index (χ1n) is 0. The minimum Gasteiger partial charge on any atom is -2.00 e. The Bertz CT molecular complexity index is 10.4. The molecule has 0 heterocycles. The topological polar surface area (TPSA) is 142 Å². The predicted octanol–water partition coefficient (Wildman–Crippen LogP) is -0.601. The maximum atomic E-state index is 0. The fourth-order valence-electron chi connectivity index (χ4n) is 0. The molecule has 8 heteroatoms. The van der Waals surface area contributed by atoms with Gasteiger partial charge in [0.1, 0.15) is 0 Å². The molecule has 0 saturated carbocycles. The second-order valence-electron chi connectivity index (χ2n) is 0. The van der Waals surface area contributed by atoms with E-state index in [4.69, 9.17) is 0 Å². The first-order chi connectivity index (χ1) is 0. The van der Waals surface area contributed by atoms with Crippen LogP contribution in [0.2, 0.25) is 0 Å². The van der Waals surface area contributed by atoms with Gasteiger partial charge >= 0.3 is 37.1 Å². The maximum absolute atomic E-state index is 0. The molecule has 0 fully saturated rings. The Morgan fingerprint density at radius 1 is 0.375 bits per heavy atom. The summed E-state index contributed by atoms with van der Waals surface area (Å²) >= 11 is 0. The van der Waals surface area contributed by atoms with Crippen molar-refractivity contribution in [3.05, 3.63) is 0 Å². The summed E-state index contributed by atoms with van der Waals surface area (Å²) in [6, 6.07) is 0. The van der Waals surface area contributed by atoms with Gasteiger partial charge in [0, 0.05) is 21.1 Å². The quantitative estimate of drug-likeness (QED) is 0.521. The van der Waals surface area contributed by atoms with Crippen LogP contribution in [0, 0.1) is 0 Å². The molecule has 0 N–H and O–H groups in total. The Morgan fingerprint density at radius 3 is 0.375 bits per heavy atom. The zero-order chi connectivity index (χ0) is 0. The van der Waals surface area contributed by atoms with Crippen LogP contribution in [0.25, 0.3) is 0 Å². The van der Waals surface area contributed by atoms with Gasteiger partial charge in [0.25, 0.3) is 0 Å². The molecule has 0 aliphatic rings. The molecule has 0 atom stereocenters. The van der Waals surface area contributed by atoms with Gasteiger partial charge in [0.05, 0.1) is 0 Å². The third kappa shape index (κ3) is 124. The summed E-state index contributed by atoms with van der Waals surface area (Å²) < 4.78 is 0. The SMILES string of the molecule is [Mo].[O-2].[O-2].[O-2].[O-2].[O-2].[V+5].[V+5]. The fraction of sp³-hybridized carbons (Fsp3) is 0. The van der Waals surface area contributed by atoms with Gasteiger partial charge in [-0.25, -0.2) is 0 Å². The molecule has 0 aliphatic heterocycles. The van der Waals surface area contributed by atoms with E-state index < -0.39 is 0 Å². The third-order valence-corrected chi connectivity index (χ3v) is 0. The Kier molecular flexibility index (Phi) is 6090. The molecule has 46 valence electrons. The van der Waals surface area contributed by atoms with Crippen molar-refractivity contribution in [2.45, 2.75) is 0 Å². The second kappa shape index (κ2) is 185. The smallest absolute Gasteiger partial charge is 2.00 e. The van der Waals surface area contributed by atoms with Crippen LogP contribution < -0.4 is 0 Å². The van der Waals surface area contributed by atoms with Gasteiger partial charge in [0.15, 0.2) is 0 Å². The summed E-state index contributed by atoms with van der Waals surface area (Å²) in [5.74, 6) is 0. The van der Waals surface area contributed by atoms with Gasteiger partial charge in [0.2, 0.25) is 0 Å². The van der Waals surface area contributed by atoms with Gasteiger partial charge in [-0.1, -0.05) is 0 Å². The van der Waals surface area contributed by atoms with Crippen molar-refractivity contribution in [3.8, 4) is 0 Å². The molecule has 0 aromatic rings. The summed E-state index contributed by atoms with van der Waals surface area (Å²) in [6.07, 6.45) is 0. The van der Waals surface area contributed by atoms with Crippen LogP contribution in [0.15, 0.2) is 0 Å². The van der Waals surface area contributed by atoms with Crippen molar-refractivity contribution in [1.82, 2.24) is 0 Å². The molecule has 0 amide bonds. The van der Waals surface area contributed by atoms with Crippen molar-refractivity contribution in [3.63, 3.8) is 0 Å². The Labute approximate surface area is 85.2 Å². The van der Waals surface area contributed by atoms with E-state index in [9.17, 15) is 0 Å². The monoisotopic (exact) mass is 280 g/mol.